The number of hydrogen-bond donors (Lipinski definition) is 4. The lowest BCUT2D eigenvalue weighted by Gasteiger charge is -2.41. The number of nitrogens with one attached hydrogen (secondary N) is 3. The molecule has 1 unspecified atom stereocenters. The largest absolute Gasteiger partial charge is 0.481 e. The number of rotatable bonds is 35. The first-order chi connectivity index (χ1) is 37.9. The highest BCUT2D eigenvalue weighted by Gasteiger charge is 2.38. The third-order valence-electron chi connectivity index (χ3n) is 12.6. The number of carboxylic acids is 1. The van der Waals surface area contributed by atoms with Gasteiger partial charge in [-0.3, -0.25) is 14.4 Å². The van der Waals surface area contributed by atoms with Gasteiger partial charge in [-0.15, -0.1) is 11.8 Å². The highest BCUT2D eigenvalue weighted by molar-refractivity contribution is 8.00. The molecular weight excluding hydrogens is 1070 g/mol. The Morgan fingerprint density at radius 3 is 1.94 bits per heavy atom. The van der Waals surface area contributed by atoms with Crippen molar-refractivity contribution < 1.29 is 66.3 Å². The molecule has 442 valence electrons. The van der Waals surface area contributed by atoms with Gasteiger partial charge in [0.2, 0.25) is 11.8 Å². The fraction of sp³-hybridized carbons (Fsp3) is 0.542. The molecule has 80 heavy (non-hydrogen) atoms. The van der Waals surface area contributed by atoms with Crippen molar-refractivity contribution in [2.45, 2.75) is 111 Å². The maximum absolute atomic E-state index is 15.5. The number of amides is 4. The van der Waals surface area contributed by atoms with Gasteiger partial charge in [0.1, 0.15) is 24.3 Å². The summed E-state index contributed by atoms with van der Waals surface area (Å²) in [6, 6.07) is 22.3. The summed E-state index contributed by atoms with van der Waals surface area (Å²) in [7, 11) is -1.45. The first kappa shape index (κ1) is 66.7. The summed E-state index contributed by atoms with van der Waals surface area (Å²) in [6.07, 6.45) is 0.653. The van der Waals surface area contributed by atoms with Gasteiger partial charge in [0, 0.05) is 56.5 Å². The Morgan fingerprint density at radius 2 is 1.34 bits per heavy atom. The Bertz CT molecular complexity index is 2520. The third kappa shape index (κ3) is 25.3. The molecule has 0 bridgehead atoms. The van der Waals surface area contributed by atoms with Crippen LogP contribution in [0.1, 0.15) is 77.2 Å². The summed E-state index contributed by atoms with van der Waals surface area (Å²) < 4.78 is 65.6. The second-order valence-corrected chi connectivity index (χ2v) is 29.4. The molecule has 4 amide bonds. The fourth-order valence-corrected chi connectivity index (χ4v) is 9.83. The number of carbonyl (C=O) groups excluding carboxylic acids is 4. The minimum atomic E-state index is -1.45. The Kier molecular flexibility index (Phi) is 28.2. The van der Waals surface area contributed by atoms with Crippen LogP contribution in [0.2, 0.25) is 25.7 Å². The lowest BCUT2D eigenvalue weighted by Crippen LogP contribution is -2.55. The number of halogens is 2. The Morgan fingerprint density at radius 1 is 0.725 bits per heavy atom. The van der Waals surface area contributed by atoms with Gasteiger partial charge < -0.3 is 58.9 Å². The highest BCUT2D eigenvalue weighted by Crippen LogP contribution is 2.41. The monoisotopic (exact) mass is 1150 g/mol. The molecule has 3 aromatic carbocycles. The van der Waals surface area contributed by atoms with Crippen molar-refractivity contribution in [3.8, 4) is 11.1 Å². The van der Waals surface area contributed by atoms with E-state index in [1.807, 2.05) is 107 Å². The zero-order valence-electron chi connectivity index (χ0n) is 48.1. The van der Waals surface area contributed by atoms with Crippen LogP contribution in [-0.4, -0.2) is 149 Å². The second-order valence-electron chi connectivity index (χ2n) is 22.7. The summed E-state index contributed by atoms with van der Waals surface area (Å²) >= 11 is 1.15. The molecule has 1 aromatic heterocycles. The van der Waals surface area contributed by atoms with Crippen LogP contribution in [0.25, 0.3) is 11.1 Å². The van der Waals surface area contributed by atoms with Gasteiger partial charge in [-0.25, -0.2) is 18.4 Å². The summed E-state index contributed by atoms with van der Waals surface area (Å²) in [5.41, 5.74) is 1.69. The number of aromatic nitrogens is 1. The van der Waals surface area contributed by atoms with Gasteiger partial charge >= 0.3 is 18.2 Å². The van der Waals surface area contributed by atoms with Gasteiger partial charge in [0.05, 0.1) is 83.7 Å². The summed E-state index contributed by atoms with van der Waals surface area (Å²) in [5, 5.41) is 17.3. The van der Waals surface area contributed by atoms with Crippen molar-refractivity contribution in [1.82, 2.24) is 25.4 Å². The number of alkyl carbamates (subject to hydrolysis) is 2. The quantitative estimate of drug-likeness (QED) is 0.0250. The van der Waals surface area contributed by atoms with Crippen LogP contribution in [0.5, 0.6) is 0 Å². The van der Waals surface area contributed by atoms with Crippen molar-refractivity contribution >= 4 is 49.8 Å². The molecule has 0 fully saturated rings. The standard InChI is InChI=1S/C59H85F2N5O12SSi/c1-58(2,3)51(40-76-32-31-75-30-29-74-28-27-73-26-23-53(68)69)64-55(70)49(63-57(72)78-39-44-19-14-11-15-20-44)41-79-42-52(67)66(25-16-24-62-56(71)77-33-34-80(7,8)9)54(59(4,5)6)50-35-45(47-36-46(60)21-22-48(47)61)38-65(50)37-43-17-12-10-13-18-43/h10-15,17-22,35-36,38,49,51,54H,16,23-34,37,39-42H2,1-9H3,(H,62,71)(H,63,72)(H,64,70)(H,68,69)/t49-,51?,54-/m0/s1. The highest BCUT2D eigenvalue weighted by atomic mass is 32.2. The van der Waals surface area contributed by atoms with Gasteiger partial charge in [-0.05, 0) is 58.7 Å². The van der Waals surface area contributed by atoms with Crippen molar-refractivity contribution in [3.63, 3.8) is 0 Å². The van der Waals surface area contributed by atoms with E-state index in [-0.39, 0.29) is 82.1 Å². The van der Waals surface area contributed by atoms with E-state index in [1.165, 1.54) is 0 Å². The molecule has 4 aromatic rings. The number of hydrogen-bond acceptors (Lipinski definition) is 12. The zero-order chi connectivity index (χ0) is 58.7. The van der Waals surface area contributed by atoms with E-state index in [4.69, 9.17) is 33.5 Å². The number of benzene rings is 3. The average molecular weight is 1150 g/mol. The van der Waals surface area contributed by atoms with E-state index < -0.39 is 72.7 Å². The van der Waals surface area contributed by atoms with Gasteiger partial charge in [-0.1, -0.05) is 122 Å². The van der Waals surface area contributed by atoms with Gasteiger partial charge in [-0.2, -0.15) is 0 Å². The van der Waals surface area contributed by atoms with Crippen LogP contribution in [0.3, 0.4) is 0 Å². The lowest BCUT2D eigenvalue weighted by molar-refractivity contribution is -0.138. The molecule has 4 N–H and O–H groups in total. The number of aliphatic carboxylic acids is 1. The van der Waals surface area contributed by atoms with Crippen LogP contribution in [0.4, 0.5) is 18.4 Å². The molecule has 0 aliphatic rings. The zero-order valence-corrected chi connectivity index (χ0v) is 49.9. The minimum Gasteiger partial charge on any atom is -0.481 e. The summed E-state index contributed by atoms with van der Waals surface area (Å²) in [6.45, 7) is 21.3. The molecule has 4 rings (SSSR count). The SMILES string of the molecule is CC(C)(C)C(COCCOCCOCCOCCC(=O)O)NC(=O)[C@H](CSCC(=O)N(CCCNC(=O)OCC[Si](C)(C)C)[C@@H](c1cc(-c2cc(F)ccc2F)cn1Cc1ccccc1)C(C)(C)C)NC(=O)OCc1ccccc1. The predicted molar refractivity (Wildman–Crippen MR) is 309 cm³/mol. The maximum atomic E-state index is 15.5. The minimum absolute atomic E-state index is 0.0354. The van der Waals surface area contributed by atoms with Crippen molar-refractivity contribution in [2.24, 2.45) is 10.8 Å². The molecule has 21 heteroatoms. The molecular formula is C59H85F2N5O12SSi. The number of carboxylic acid groups (broad SMARTS) is 1. The van der Waals surface area contributed by atoms with Crippen molar-refractivity contribution in [3.05, 3.63) is 120 Å². The molecule has 1 heterocycles. The molecule has 0 saturated carbocycles. The summed E-state index contributed by atoms with van der Waals surface area (Å²) in [5.74, 6) is -3.13. The van der Waals surface area contributed by atoms with Crippen LogP contribution in [0.15, 0.2) is 91.1 Å². The summed E-state index contributed by atoms with van der Waals surface area (Å²) in [4.78, 5) is 68.1. The molecule has 3 atom stereocenters. The topological polar surface area (TPSA) is 205 Å². The molecule has 0 radical (unpaired) electrons. The van der Waals surface area contributed by atoms with E-state index in [2.05, 4.69) is 35.6 Å². The molecule has 0 aliphatic carbocycles. The number of nitrogens with zero attached hydrogens (tertiary/aromatic N) is 2. The van der Waals surface area contributed by atoms with E-state index in [9.17, 15) is 23.6 Å². The average Bonchev–Trinajstić information content (AvgIpc) is 3.79. The van der Waals surface area contributed by atoms with Crippen molar-refractivity contribution in [1.29, 1.82) is 0 Å². The van der Waals surface area contributed by atoms with E-state index in [0.717, 1.165) is 47.1 Å². The molecule has 0 spiro atoms. The fourth-order valence-electron chi connectivity index (χ4n) is 8.19. The Balaban J connectivity index is 1.56. The first-order valence-corrected chi connectivity index (χ1v) is 32.0. The first-order valence-electron chi connectivity index (χ1n) is 27.2. The predicted octanol–water partition coefficient (Wildman–Crippen LogP) is 9.95. The van der Waals surface area contributed by atoms with E-state index >= 15 is 9.18 Å². The van der Waals surface area contributed by atoms with Gasteiger partial charge in [0.25, 0.3) is 0 Å². The Labute approximate surface area is 476 Å². The molecule has 0 aliphatic heterocycles. The van der Waals surface area contributed by atoms with Crippen LogP contribution < -0.4 is 16.0 Å². The third-order valence-corrected chi connectivity index (χ3v) is 15.3. The van der Waals surface area contributed by atoms with Crippen molar-refractivity contribution in [2.75, 3.05) is 84.1 Å². The van der Waals surface area contributed by atoms with Crippen LogP contribution in [-0.2, 0) is 56.0 Å². The number of ether oxygens (including phenoxy) is 6. The number of carbonyl (C=O) groups is 5. The Hall–Kier alpha value is -5.84. The number of thioether (sulfide) groups is 1. The molecule has 17 nitrogen and oxygen atoms in total. The van der Waals surface area contributed by atoms with Crippen LogP contribution >= 0.6 is 11.8 Å². The van der Waals surface area contributed by atoms with Crippen LogP contribution in [0, 0.1) is 22.5 Å². The smallest absolute Gasteiger partial charge is 0.408 e. The maximum Gasteiger partial charge on any atom is 0.408 e. The van der Waals surface area contributed by atoms with E-state index in [0.29, 0.717) is 50.7 Å². The lowest BCUT2D eigenvalue weighted by atomic mass is 9.83. The molecule has 0 saturated heterocycles. The second kappa shape index (κ2) is 33.8. The normalized spacial score (nSPS) is 13.0. The van der Waals surface area contributed by atoms with Gasteiger partial charge in [0.15, 0.2) is 0 Å². The van der Waals surface area contributed by atoms with E-state index in [1.54, 1.807) is 17.2 Å².